The average molecular weight is 239 g/mol. The maximum Gasteiger partial charge on any atom is 0.320 e. The molecule has 0 saturated heterocycles. The van der Waals surface area contributed by atoms with Crippen molar-refractivity contribution in [1.82, 2.24) is 14.9 Å². The molecule has 0 saturated carbocycles. The van der Waals surface area contributed by atoms with Gasteiger partial charge in [0.05, 0.1) is 6.33 Å². The molecule has 17 heavy (non-hydrogen) atoms. The van der Waals surface area contributed by atoms with Crippen molar-refractivity contribution in [2.24, 2.45) is 0 Å². The largest absolute Gasteiger partial charge is 0.480 e. The minimum Gasteiger partial charge on any atom is -0.480 e. The minimum atomic E-state index is -0.749. The van der Waals surface area contributed by atoms with E-state index in [2.05, 4.69) is 10.3 Å². The molecule has 0 aliphatic carbocycles. The van der Waals surface area contributed by atoms with Crippen LogP contribution < -0.4 is 5.32 Å². The van der Waals surface area contributed by atoms with Gasteiger partial charge in [0.25, 0.3) is 0 Å². The van der Waals surface area contributed by atoms with E-state index >= 15 is 0 Å². The summed E-state index contributed by atoms with van der Waals surface area (Å²) >= 11 is 0. The van der Waals surface area contributed by atoms with Gasteiger partial charge in [0.2, 0.25) is 0 Å². The number of unbranched alkanes of at least 4 members (excludes halogenated alkanes) is 1. The smallest absolute Gasteiger partial charge is 0.320 e. The Balaban J connectivity index is 2.08. The zero-order valence-electron chi connectivity index (χ0n) is 10.3. The number of hydrogen-bond acceptors (Lipinski definition) is 3. The Morgan fingerprint density at radius 1 is 1.53 bits per heavy atom. The molecule has 0 amide bonds. The Morgan fingerprint density at radius 3 is 2.94 bits per heavy atom. The number of aromatic nitrogens is 2. The van der Waals surface area contributed by atoms with E-state index in [0.29, 0.717) is 6.42 Å². The Bertz CT molecular complexity index is 312. The molecular formula is C12H21N3O2. The lowest BCUT2D eigenvalue weighted by Gasteiger charge is -2.13. The summed E-state index contributed by atoms with van der Waals surface area (Å²) in [6, 6.07) is -0.395. The molecule has 96 valence electrons. The molecule has 1 aromatic heterocycles. The van der Waals surface area contributed by atoms with Gasteiger partial charge in [0.15, 0.2) is 0 Å². The lowest BCUT2D eigenvalue weighted by atomic mass is 10.1. The second-order valence-electron chi connectivity index (χ2n) is 4.14. The summed E-state index contributed by atoms with van der Waals surface area (Å²) in [5.74, 6) is -0.749. The molecule has 1 atom stereocenters. The van der Waals surface area contributed by atoms with Crippen molar-refractivity contribution < 1.29 is 9.90 Å². The molecule has 0 aromatic carbocycles. The number of aryl methyl sites for hydroxylation is 1. The van der Waals surface area contributed by atoms with Gasteiger partial charge in [-0.2, -0.15) is 0 Å². The van der Waals surface area contributed by atoms with Gasteiger partial charge in [0, 0.05) is 18.9 Å². The Morgan fingerprint density at radius 2 is 2.35 bits per heavy atom. The summed E-state index contributed by atoms with van der Waals surface area (Å²) in [5, 5.41) is 12.0. The van der Waals surface area contributed by atoms with E-state index in [1.54, 1.807) is 12.5 Å². The summed E-state index contributed by atoms with van der Waals surface area (Å²) in [6.45, 7) is 3.69. The third-order valence-electron chi connectivity index (χ3n) is 2.67. The van der Waals surface area contributed by atoms with Crippen LogP contribution in [0.5, 0.6) is 0 Å². The second-order valence-corrected chi connectivity index (χ2v) is 4.14. The maximum atomic E-state index is 10.9. The lowest BCUT2D eigenvalue weighted by Crippen LogP contribution is -2.37. The molecule has 1 aromatic rings. The zero-order valence-corrected chi connectivity index (χ0v) is 10.3. The molecule has 0 fully saturated rings. The Hall–Kier alpha value is -1.36. The van der Waals surface area contributed by atoms with E-state index in [0.717, 1.165) is 32.4 Å². The predicted octanol–water partition coefficient (Wildman–Crippen LogP) is 1.51. The normalized spacial score (nSPS) is 12.5. The number of carboxylic acid groups (broad SMARTS) is 1. The summed E-state index contributed by atoms with van der Waals surface area (Å²) in [4.78, 5) is 14.8. The van der Waals surface area contributed by atoms with E-state index in [1.165, 1.54) is 0 Å². The molecule has 0 spiro atoms. The molecule has 2 N–H and O–H groups in total. The highest BCUT2D eigenvalue weighted by Gasteiger charge is 2.14. The van der Waals surface area contributed by atoms with Crippen LogP contribution in [0, 0.1) is 0 Å². The van der Waals surface area contributed by atoms with Crippen molar-refractivity contribution in [3.8, 4) is 0 Å². The number of nitrogens with one attached hydrogen (secondary N) is 1. The minimum absolute atomic E-state index is 0.395. The van der Waals surface area contributed by atoms with Crippen molar-refractivity contribution >= 4 is 5.97 Å². The average Bonchev–Trinajstić information content (AvgIpc) is 2.80. The van der Waals surface area contributed by atoms with Gasteiger partial charge in [-0.15, -0.1) is 0 Å². The number of aliphatic carboxylic acids is 1. The monoisotopic (exact) mass is 239 g/mol. The first-order chi connectivity index (χ1) is 8.24. The number of imidazole rings is 1. The van der Waals surface area contributed by atoms with Crippen LogP contribution in [0.15, 0.2) is 18.7 Å². The highest BCUT2D eigenvalue weighted by molar-refractivity contribution is 5.73. The Labute approximate surface area is 102 Å². The Kier molecular flexibility index (Phi) is 6.32. The molecule has 1 unspecified atom stereocenters. The molecule has 1 heterocycles. The van der Waals surface area contributed by atoms with Crippen LogP contribution in [-0.4, -0.2) is 33.2 Å². The molecule has 0 aliphatic heterocycles. The van der Waals surface area contributed by atoms with Crippen molar-refractivity contribution in [2.45, 2.75) is 45.2 Å². The third-order valence-corrected chi connectivity index (χ3v) is 2.67. The van der Waals surface area contributed by atoms with E-state index in [1.807, 2.05) is 17.7 Å². The van der Waals surface area contributed by atoms with Gasteiger partial charge in [-0.05, 0) is 25.8 Å². The first-order valence-corrected chi connectivity index (χ1v) is 6.16. The molecule has 0 bridgehead atoms. The number of rotatable bonds is 9. The molecule has 5 heteroatoms. The number of carbonyl (C=O) groups is 1. The summed E-state index contributed by atoms with van der Waals surface area (Å²) < 4.78 is 2.03. The summed E-state index contributed by atoms with van der Waals surface area (Å²) in [7, 11) is 0. The van der Waals surface area contributed by atoms with E-state index in [-0.39, 0.29) is 0 Å². The topological polar surface area (TPSA) is 67.2 Å². The molecule has 1 rings (SSSR count). The summed E-state index contributed by atoms with van der Waals surface area (Å²) in [6.07, 6.45) is 9.08. The maximum absolute atomic E-state index is 10.9. The van der Waals surface area contributed by atoms with Crippen molar-refractivity contribution in [3.05, 3.63) is 18.7 Å². The van der Waals surface area contributed by atoms with Gasteiger partial charge < -0.3 is 15.0 Å². The second kappa shape index (κ2) is 7.84. The molecule has 0 radical (unpaired) electrons. The highest BCUT2D eigenvalue weighted by atomic mass is 16.4. The van der Waals surface area contributed by atoms with E-state index in [4.69, 9.17) is 5.11 Å². The van der Waals surface area contributed by atoms with Crippen LogP contribution in [-0.2, 0) is 11.3 Å². The summed E-state index contributed by atoms with van der Waals surface area (Å²) in [5.41, 5.74) is 0. The molecular weight excluding hydrogens is 218 g/mol. The van der Waals surface area contributed by atoms with Crippen LogP contribution in [0.2, 0.25) is 0 Å². The lowest BCUT2D eigenvalue weighted by molar-refractivity contribution is -0.139. The van der Waals surface area contributed by atoms with Crippen molar-refractivity contribution in [2.75, 3.05) is 6.54 Å². The number of hydrogen-bond donors (Lipinski definition) is 2. The van der Waals surface area contributed by atoms with Crippen LogP contribution in [0.1, 0.15) is 32.6 Å². The number of nitrogens with zero attached hydrogens (tertiary/aromatic N) is 2. The molecule has 0 aliphatic rings. The van der Waals surface area contributed by atoms with Crippen LogP contribution in [0.4, 0.5) is 0 Å². The van der Waals surface area contributed by atoms with E-state index < -0.39 is 12.0 Å². The first kappa shape index (κ1) is 13.7. The van der Waals surface area contributed by atoms with Gasteiger partial charge in [-0.25, -0.2) is 4.98 Å². The zero-order chi connectivity index (χ0) is 12.5. The van der Waals surface area contributed by atoms with Crippen molar-refractivity contribution in [3.63, 3.8) is 0 Å². The van der Waals surface area contributed by atoms with Gasteiger partial charge in [0.1, 0.15) is 6.04 Å². The van der Waals surface area contributed by atoms with Gasteiger partial charge >= 0.3 is 5.97 Å². The molecule has 5 nitrogen and oxygen atoms in total. The van der Waals surface area contributed by atoms with Gasteiger partial charge in [-0.3, -0.25) is 4.79 Å². The fourth-order valence-electron chi connectivity index (χ4n) is 1.72. The SMILES string of the molecule is CCCC(NCCCCn1ccnc1)C(=O)O. The predicted molar refractivity (Wildman–Crippen MR) is 65.8 cm³/mol. The van der Waals surface area contributed by atoms with Crippen molar-refractivity contribution in [1.29, 1.82) is 0 Å². The standard InChI is InChI=1S/C12H21N3O2/c1-2-5-11(12(16)17)14-6-3-4-8-15-9-7-13-10-15/h7,9-11,14H,2-6,8H2,1H3,(H,16,17). The quantitative estimate of drug-likeness (QED) is 0.641. The van der Waals surface area contributed by atoms with Crippen LogP contribution >= 0.6 is 0 Å². The van der Waals surface area contributed by atoms with E-state index in [9.17, 15) is 4.79 Å². The highest BCUT2D eigenvalue weighted by Crippen LogP contribution is 1.99. The first-order valence-electron chi connectivity index (χ1n) is 6.16. The third kappa shape index (κ3) is 5.49. The fraction of sp³-hybridized carbons (Fsp3) is 0.667. The fourth-order valence-corrected chi connectivity index (χ4v) is 1.72. The van der Waals surface area contributed by atoms with Crippen LogP contribution in [0.25, 0.3) is 0 Å². The van der Waals surface area contributed by atoms with Crippen LogP contribution in [0.3, 0.4) is 0 Å². The number of carboxylic acids is 1. The van der Waals surface area contributed by atoms with Gasteiger partial charge in [-0.1, -0.05) is 13.3 Å².